The first-order valence-electron chi connectivity index (χ1n) is 19.5. The highest BCUT2D eigenvalue weighted by Gasteiger charge is 2.35. The van der Waals surface area contributed by atoms with Gasteiger partial charge in [-0.05, 0) is 35.8 Å². The van der Waals surface area contributed by atoms with Crippen LogP contribution >= 0.6 is 0 Å². The van der Waals surface area contributed by atoms with E-state index in [0.29, 0.717) is 5.69 Å². The van der Waals surface area contributed by atoms with E-state index in [1.165, 1.54) is 6.92 Å². The number of benzene rings is 2. The summed E-state index contributed by atoms with van der Waals surface area (Å²) < 4.78 is 64.7. The van der Waals surface area contributed by atoms with Crippen LogP contribution in [0.15, 0.2) is 42.6 Å². The molecule has 0 saturated heterocycles. The highest BCUT2D eigenvalue weighted by Crippen LogP contribution is 2.29. The van der Waals surface area contributed by atoms with E-state index < -0.39 is 143 Å². The van der Waals surface area contributed by atoms with Gasteiger partial charge < -0.3 is 46.5 Å². The molecule has 17 nitrogen and oxygen atoms in total. The lowest BCUT2D eigenvalue weighted by atomic mass is 9.86. The number of carboxylic acid groups (broad SMARTS) is 1. The van der Waals surface area contributed by atoms with E-state index in [1.54, 1.807) is 52.0 Å². The number of ether oxygens (including phenoxy) is 2. The lowest BCUT2D eigenvalue weighted by Crippen LogP contribution is -2.60. The lowest BCUT2D eigenvalue weighted by Gasteiger charge is -2.29. The van der Waals surface area contributed by atoms with Gasteiger partial charge in [-0.2, -0.15) is 8.78 Å². The number of carbonyl (C=O) groups excluding carboxylic acids is 7. The van der Waals surface area contributed by atoms with E-state index in [2.05, 4.69) is 43.2 Å². The molecule has 0 aliphatic carbocycles. The molecule has 0 aliphatic rings. The quantitative estimate of drug-likeness (QED) is 0.0414. The second-order valence-electron chi connectivity index (χ2n) is 16.1. The van der Waals surface area contributed by atoms with E-state index in [4.69, 9.17) is 4.74 Å². The van der Waals surface area contributed by atoms with Crippen LogP contribution in [0.5, 0.6) is 5.75 Å². The van der Waals surface area contributed by atoms with E-state index in [0.717, 1.165) is 12.7 Å². The first kappa shape index (κ1) is 52.6. The van der Waals surface area contributed by atoms with Gasteiger partial charge >= 0.3 is 23.8 Å². The molecule has 1 unspecified atom stereocenters. The van der Waals surface area contributed by atoms with Crippen molar-refractivity contribution in [2.45, 2.75) is 104 Å². The zero-order chi connectivity index (χ0) is 48.1. The summed E-state index contributed by atoms with van der Waals surface area (Å²) in [6.07, 6.45) is -1.67. The summed E-state index contributed by atoms with van der Waals surface area (Å²) in [6.45, 7) is 15.8. The molecule has 0 bridgehead atoms. The fourth-order valence-corrected chi connectivity index (χ4v) is 5.76. The second-order valence-corrected chi connectivity index (χ2v) is 16.1. The average Bonchev–Trinajstić information content (AvgIpc) is 3.19. The highest BCUT2D eigenvalue weighted by molar-refractivity contribution is 6.40. The van der Waals surface area contributed by atoms with Crippen molar-refractivity contribution in [2.24, 2.45) is 11.8 Å². The minimum absolute atomic E-state index is 0.0763. The van der Waals surface area contributed by atoms with Crippen molar-refractivity contribution in [3.05, 3.63) is 71.4 Å². The van der Waals surface area contributed by atoms with Gasteiger partial charge in [0.15, 0.2) is 23.2 Å². The molecule has 2 rings (SSSR count). The SMILES string of the molecule is C=C(NC(CC(=O)O)C(=O)COc1c(F)c(F)cc(F)c1F)[C@H](C)NC(=O)[C@@H](NC(=O)[C@H](CC(=O)OC)NC(=O)[C@@H](NC(=O)C(=O)Nc1ccccc1C(C)(C)C)C(C)C)C(C)C. The van der Waals surface area contributed by atoms with Gasteiger partial charge in [0.1, 0.15) is 24.7 Å². The van der Waals surface area contributed by atoms with Crippen LogP contribution in [0, 0.1) is 35.1 Å². The minimum atomic E-state index is -1.93. The van der Waals surface area contributed by atoms with Crippen molar-refractivity contribution >= 4 is 52.9 Å². The number of hydrogen-bond acceptors (Lipinski definition) is 11. The molecule has 7 N–H and O–H groups in total. The number of para-hydroxylation sites is 1. The van der Waals surface area contributed by atoms with E-state index in [9.17, 15) is 61.0 Å². The predicted octanol–water partition coefficient (Wildman–Crippen LogP) is 2.91. The molecule has 5 amide bonds. The Hall–Kier alpha value is -6.54. The maximum atomic E-state index is 14.1. The normalized spacial score (nSPS) is 13.6. The Labute approximate surface area is 361 Å². The molecule has 346 valence electrons. The molecule has 2 aromatic carbocycles. The number of nitrogens with one attached hydrogen (secondary N) is 6. The molecule has 0 saturated carbocycles. The highest BCUT2D eigenvalue weighted by atomic mass is 19.2. The molecule has 2 aromatic rings. The van der Waals surface area contributed by atoms with E-state index in [1.807, 2.05) is 20.8 Å². The number of amides is 5. The Morgan fingerprint density at radius 3 is 1.78 bits per heavy atom. The molecular formula is C42H54F4N6O11. The molecule has 0 aromatic heterocycles. The Balaban J connectivity index is 2.20. The van der Waals surface area contributed by atoms with Crippen molar-refractivity contribution in [3.63, 3.8) is 0 Å². The summed E-state index contributed by atoms with van der Waals surface area (Å²) in [4.78, 5) is 104. The Kier molecular flexibility index (Phi) is 19.3. The number of anilines is 1. The van der Waals surface area contributed by atoms with Gasteiger partial charge in [-0.15, -0.1) is 0 Å². The first-order valence-corrected chi connectivity index (χ1v) is 19.5. The number of halogens is 4. The Morgan fingerprint density at radius 2 is 1.25 bits per heavy atom. The number of hydrogen-bond donors (Lipinski definition) is 7. The maximum absolute atomic E-state index is 14.1. The summed E-state index contributed by atoms with van der Waals surface area (Å²) in [6, 6.07) is -0.472. The minimum Gasteiger partial charge on any atom is -0.481 e. The van der Waals surface area contributed by atoms with Crippen LogP contribution in [-0.4, -0.2) is 96.3 Å². The van der Waals surface area contributed by atoms with E-state index >= 15 is 0 Å². The van der Waals surface area contributed by atoms with Crippen LogP contribution in [0.3, 0.4) is 0 Å². The number of carbonyl (C=O) groups is 8. The zero-order valence-corrected chi connectivity index (χ0v) is 36.3. The smallest absolute Gasteiger partial charge is 0.313 e. The summed E-state index contributed by atoms with van der Waals surface area (Å²) in [5.74, 6) is -19.0. The van der Waals surface area contributed by atoms with Crippen LogP contribution in [-0.2, 0) is 48.5 Å². The first-order chi connectivity index (χ1) is 29.2. The van der Waals surface area contributed by atoms with Crippen molar-refractivity contribution in [3.8, 4) is 5.75 Å². The fourth-order valence-electron chi connectivity index (χ4n) is 5.76. The van der Waals surface area contributed by atoms with E-state index in [-0.39, 0.29) is 11.8 Å². The summed E-state index contributed by atoms with van der Waals surface area (Å²) in [5, 5.41) is 24.1. The fraction of sp³-hybridized carbons (Fsp3) is 0.476. The summed E-state index contributed by atoms with van der Waals surface area (Å²) in [7, 11) is 1.03. The Bertz CT molecular complexity index is 2050. The molecule has 63 heavy (non-hydrogen) atoms. The van der Waals surface area contributed by atoms with Crippen molar-refractivity contribution < 1.29 is 70.5 Å². The predicted molar refractivity (Wildman–Crippen MR) is 219 cm³/mol. The van der Waals surface area contributed by atoms with Crippen LogP contribution in [0.4, 0.5) is 23.2 Å². The molecular weight excluding hydrogens is 840 g/mol. The van der Waals surface area contributed by atoms with Gasteiger partial charge in [0, 0.05) is 17.5 Å². The van der Waals surface area contributed by atoms with Gasteiger partial charge in [0.2, 0.25) is 29.4 Å². The standard InChI is InChI=1S/C42H54F4N6O11/c1-19(2)34(38(58)48-22(6)21(5)47-27(16-30(54)55)29(53)18-63-36-32(45)24(43)15-25(44)33(36)46)51-37(57)28(17-31(56)62-10)50-39(59)35(20(3)4)52-41(61)40(60)49-26-14-12-11-13-23(26)42(7,8)9/h11-15,19-20,22,27-28,34-35,47H,5,16-18H2,1-4,6-10H3,(H,48,58)(H,49,60)(H,50,59)(H,51,57)(H,52,61)(H,54,55)/t22-,27?,28-,34-,35-/m0/s1. The van der Waals surface area contributed by atoms with Gasteiger partial charge in [-0.25, -0.2) is 8.78 Å². The summed E-state index contributed by atoms with van der Waals surface area (Å²) in [5.41, 5.74) is 0.555. The van der Waals surface area contributed by atoms with Gasteiger partial charge in [0.25, 0.3) is 0 Å². The van der Waals surface area contributed by atoms with Crippen molar-refractivity contribution in [2.75, 3.05) is 19.0 Å². The molecule has 0 radical (unpaired) electrons. The summed E-state index contributed by atoms with van der Waals surface area (Å²) >= 11 is 0. The van der Waals surface area contributed by atoms with Gasteiger partial charge in [0.05, 0.1) is 32.0 Å². The average molecular weight is 895 g/mol. The topological polar surface area (TPSA) is 247 Å². The number of ketones is 1. The largest absolute Gasteiger partial charge is 0.481 e. The van der Waals surface area contributed by atoms with Gasteiger partial charge in [-0.3, -0.25) is 38.4 Å². The number of carboxylic acids is 1. The van der Waals surface area contributed by atoms with Crippen molar-refractivity contribution in [1.29, 1.82) is 0 Å². The van der Waals surface area contributed by atoms with Crippen LogP contribution < -0.4 is 36.6 Å². The van der Waals surface area contributed by atoms with Crippen LogP contribution in [0.1, 0.15) is 73.8 Å². The third-order valence-corrected chi connectivity index (χ3v) is 9.34. The zero-order valence-electron chi connectivity index (χ0n) is 36.3. The monoisotopic (exact) mass is 894 g/mol. The molecule has 0 aliphatic heterocycles. The molecule has 0 heterocycles. The number of rotatable bonds is 21. The number of Topliss-reactive ketones (excluding diaryl/α,β-unsaturated/α-hetero) is 1. The maximum Gasteiger partial charge on any atom is 0.313 e. The number of esters is 1. The van der Waals surface area contributed by atoms with Crippen LogP contribution in [0.2, 0.25) is 0 Å². The van der Waals surface area contributed by atoms with Crippen molar-refractivity contribution in [1.82, 2.24) is 26.6 Å². The third-order valence-electron chi connectivity index (χ3n) is 9.34. The second kappa shape index (κ2) is 23.1. The molecule has 0 spiro atoms. The van der Waals surface area contributed by atoms with Gasteiger partial charge in [-0.1, -0.05) is 73.2 Å². The third kappa shape index (κ3) is 15.4. The molecule has 0 fully saturated rings. The molecule has 21 heteroatoms. The Morgan fingerprint density at radius 1 is 0.714 bits per heavy atom. The lowest BCUT2D eigenvalue weighted by molar-refractivity contribution is -0.144. The molecule has 5 atom stereocenters. The number of methoxy groups -OCH3 is 1. The van der Waals surface area contributed by atoms with Crippen LogP contribution in [0.25, 0.3) is 0 Å². The number of aliphatic carboxylic acids is 1.